The quantitative estimate of drug-likeness (QED) is 0.680. The van der Waals surface area contributed by atoms with Gasteiger partial charge in [-0.1, -0.05) is 12.1 Å². The third kappa shape index (κ3) is 2.90. The predicted molar refractivity (Wildman–Crippen MR) is 74.1 cm³/mol. The summed E-state index contributed by atoms with van der Waals surface area (Å²) < 4.78 is 0. The van der Waals surface area contributed by atoms with Gasteiger partial charge in [0.25, 0.3) is 0 Å². The van der Waals surface area contributed by atoms with Crippen LogP contribution >= 0.6 is 0 Å². The van der Waals surface area contributed by atoms with Gasteiger partial charge in [0.05, 0.1) is 17.2 Å². The molecule has 6 nitrogen and oxygen atoms in total. The lowest BCUT2D eigenvalue weighted by Crippen LogP contribution is -2.05. The van der Waals surface area contributed by atoms with Crippen molar-refractivity contribution in [1.29, 1.82) is 5.26 Å². The Morgan fingerprint density at radius 3 is 2.75 bits per heavy atom. The average Bonchev–Trinajstić information content (AvgIpc) is 2.44. The fourth-order valence-corrected chi connectivity index (χ4v) is 1.86. The molecule has 0 saturated carbocycles. The van der Waals surface area contributed by atoms with Crippen LogP contribution in [-0.2, 0) is 6.54 Å². The largest absolute Gasteiger partial charge is 0.374 e. The lowest BCUT2D eigenvalue weighted by Gasteiger charge is -2.07. The molecule has 0 bridgehead atoms. The van der Waals surface area contributed by atoms with Gasteiger partial charge in [0.1, 0.15) is 17.3 Å². The zero-order chi connectivity index (χ0) is 14.5. The summed E-state index contributed by atoms with van der Waals surface area (Å²) in [6, 6.07) is 12.0. The molecule has 100 valence electrons. The molecule has 1 heterocycles. The summed E-state index contributed by atoms with van der Waals surface area (Å²) >= 11 is 0. The van der Waals surface area contributed by atoms with Crippen molar-refractivity contribution < 1.29 is 4.92 Å². The summed E-state index contributed by atoms with van der Waals surface area (Å²) in [4.78, 5) is 14.8. The molecular weight excluding hydrogens is 256 g/mol. The van der Waals surface area contributed by atoms with Crippen LogP contribution in [0.2, 0.25) is 0 Å². The molecule has 0 fully saturated rings. The van der Waals surface area contributed by atoms with E-state index in [-0.39, 0.29) is 11.3 Å². The van der Waals surface area contributed by atoms with Crippen molar-refractivity contribution in [3.63, 3.8) is 0 Å². The van der Waals surface area contributed by atoms with Gasteiger partial charge in [0, 0.05) is 5.69 Å². The lowest BCUT2D eigenvalue weighted by atomic mass is 10.1. The first-order valence-corrected chi connectivity index (χ1v) is 5.95. The molecule has 2 aromatic rings. The minimum absolute atomic E-state index is 0.0391. The molecule has 0 amide bonds. The summed E-state index contributed by atoms with van der Waals surface area (Å²) in [6.45, 7) is 2.24. The van der Waals surface area contributed by atoms with E-state index in [2.05, 4.69) is 10.3 Å². The molecule has 0 aliphatic heterocycles. The smallest absolute Gasteiger partial charge is 0.309 e. The third-order valence-corrected chi connectivity index (χ3v) is 2.75. The van der Waals surface area contributed by atoms with Gasteiger partial charge in [-0.05, 0) is 31.2 Å². The van der Waals surface area contributed by atoms with Crippen LogP contribution in [0.4, 0.5) is 11.4 Å². The molecule has 1 aromatic heterocycles. The fraction of sp³-hybridized carbons (Fsp3) is 0.143. The van der Waals surface area contributed by atoms with Crippen molar-refractivity contribution in [3.05, 3.63) is 63.5 Å². The number of nitriles is 1. The van der Waals surface area contributed by atoms with Crippen molar-refractivity contribution in [1.82, 2.24) is 4.98 Å². The molecule has 0 unspecified atom stereocenters. The van der Waals surface area contributed by atoms with Gasteiger partial charge in [-0.15, -0.1) is 0 Å². The number of para-hydroxylation sites is 1. The first kappa shape index (κ1) is 13.5. The highest BCUT2D eigenvalue weighted by atomic mass is 16.6. The Morgan fingerprint density at radius 1 is 1.35 bits per heavy atom. The first-order chi connectivity index (χ1) is 9.61. The summed E-state index contributed by atoms with van der Waals surface area (Å²) in [5.41, 5.74) is 1.81. The monoisotopic (exact) mass is 268 g/mol. The number of anilines is 1. The van der Waals surface area contributed by atoms with Crippen LogP contribution < -0.4 is 5.32 Å². The number of pyridine rings is 1. The Labute approximate surface area is 115 Å². The SMILES string of the molecule is Cc1cccc(CNc2cccc(C#N)c2[N+](=O)[O-])n1. The van der Waals surface area contributed by atoms with Crippen LogP contribution in [0.25, 0.3) is 0 Å². The number of hydrogen-bond acceptors (Lipinski definition) is 5. The van der Waals surface area contributed by atoms with Crippen LogP contribution in [0.3, 0.4) is 0 Å². The fourth-order valence-electron chi connectivity index (χ4n) is 1.86. The van der Waals surface area contributed by atoms with Gasteiger partial charge in [0.15, 0.2) is 0 Å². The van der Waals surface area contributed by atoms with Crippen molar-refractivity contribution in [2.75, 3.05) is 5.32 Å². The highest BCUT2D eigenvalue weighted by Gasteiger charge is 2.19. The Hall–Kier alpha value is -2.94. The van der Waals surface area contributed by atoms with Crippen molar-refractivity contribution in [3.8, 4) is 6.07 Å². The Bertz CT molecular complexity index is 692. The normalized spacial score (nSPS) is 9.80. The van der Waals surface area contributed by atoms with E-state index in [1.54, 1.807) is 12.1 Å². The van der Waals surface area contributed by atoms with Gasteiger partial charge >= 0.3 is 5.69 Å². The lowest BCUT2D eigenvalue weighted by molar-refractivity contribution is -0.384. The highest BCUT2D eigenvalue weighted by Crippen LogP contribution is 2.28. The number of nitro groups is 1. The number of nitro benzene ring substituents is 1. The van der Waals surface area contributed by atoms with E-state index in [4.69, 9.17) is 5.26 Å². The van der Waals surface area contributed by atoms with Crippen LogP contribution in [0.5, 0.6) is 0 Å². The van der Waals surface area contributed by atoms with E-state index in [1.807, 2.05) is 31.2 Å². The number of aromatic nitrogens is 1. The summed E-state index contributed by atoms with van der Waals surface area (Å²) in [5, 5.41) is 22.9. The maximum atomic E-state index is 11.1. The van der Waals surface area contributed by atoms with Gasteiger partial charge in [-0.3, -0.25) is 15.1 Å². The van der Waals surface area contributed by atoms with Crippen LogP contribution in [-0.4, -0.2) is 9.91 Å². The van der Waals surface area contributed by atoms with Gasteiger partial charge in [0.2, 0.25) is 0 Å². The predicted octanol–water partition coefficient (Wildman–Crippen LogP) is 2.78. The number of nitrogens with zero attached hydrogens (tertiary/aromatic N) is 3. The minimum atomic E-state index is -0.551. The molecule has 0 radical (unpaired) electrons. The van der Waals surface area contributed by atoms with E-state index in [0.29, 0.717) is 12.2 Å². The van der Waals surface area contributed by atoms with E-state index in [9.17, 15) is 10.1 Å². The highest BCUT2D eigenvalue weighted by molar-refractivity contribution is 5.68. The molecule has 0 saturated heterocycles. The van der Waals surface area contributed by atoms with Gasteiger partial charge in [-0.2, -0.15) is 5.26 Å². The van der Waals surface area contributed by atoms with Gasteiger partial charge in [-0.25, -0.2) is 0 Å². The van der Waals surface area contributed by atoms with E-state index in [1.165, 1.54) is 6.07 Å². The Morgan fingerprint density at radius 2 is 2.10 bits per heavy atom. The molecule has 0 spiro atoms. The summed E-state index contributed by atoms with van der Waals surface area (Å²) in [5.74, 6) is 0. The van der Waals surface area contributed by atoms with E-state index < -0.39 is 4.92 Å². The second-order valence-electron chi connectivity index (χ2n) is 4.19. The molecule has 2 rings (SSSR count). The number of aryl methyl sites for hydroxylation is 1. The van der Waals surface area contributed by atoms with Crippen LogP contribution in [0, 0.1) is 28.4 Å². The number of nitrogens with one attached hydrogen (secondary N) is 1. The second-order valence-corrected chi connectivity index (χ2v) is 4.19. The van der Waals surface area contributed by atoms with Crippen LogP contribution in [0.1, 0.15) is 17.0 Å². The number of hydrogen-bond donors (Lipinski definition) is 1. The van der Waals surface area contributed by atoms with Crippen molar-refractivity contribution in [2.45, 2.75) is 13.5 Å². The minimum Gasteiger partial charge on any atom is -0.374 e. The number of rotatable bonds is 4. The van der Waals surface area contributed by atoms with E-state index in [0.717, 1.165) is 11.4 Å². The maximum absolute atomic E-state index is 11.1. The van der Waals surface area contributed by atoms with Gasteiger partial charge < -0.3 is 5.32 Å². The van der Waals surface area contributed by atoms with Crippen molar-refractivity contribution in [2.24, 2.45) is 0 Å². The molecule has 1 N–H and O–H groups in total. The average molecular weight is 268 g/mol. The zero-order valence-electron chi connectivity index (χ0n) is 10.8. The Balaban J connectivity index is 2.26. The molecule has 1 aromatic carbocycles. The third-order valence-electron chi connectivity index (χ3n) is 2.75. The second kappa shape index (κ2) is 5.80. The zero-order valence-corrected chi connectivity index (χ0v) is 10.8. The topological polar surface area (TPSA) is 91.8 Å². The number of benzene rings is 1. The summed E-state index contributed by atoms with van der Waals surface area (Å²) in [7, 11) is 0. The standard InChI is InChI=1S/C14H12N4O2/c1-10-4-2-6-12(17-10)9-16-13-7-3-5-11(8-15)14(13)18(19)20/h2-7,16H,9H2,1H3. The maximum Gasteiger partial charge on any atom is 0.309 e. The molecule has 0 aliphatic rings. The first-order valence-electron chi connectivity index (χ1n) is 5.95. The molecule has 0 aliphatic carbocycles. The Kier molecular flexibility index (Phi) is 3.91. The summed E-state index contributed by atoms with van der Waals surface area (Å²) in [6.07, 6.45) is 0. The molecule has 0 atom stereocenters. The van der Waals surface area contributed by atoms with E-state index >= 15 is 0 Å². The molecule has 6 heteroatoms. The van der Waals surface area contributed by atoms with Crippen LogP contribution in [0.15, 0.2) is 36.4 Å². The molecular formula is C14H12N4O2. The molecule has 20 heavy (non-hydrogen) atoms. The van der Waals surface area contributed by atoms with Crippen molar-refractivity contribution >= 4 is 11.4 Å².